The summed E-state index contributed by atoms with van der Waals surface area (Å²) in [6.07, 6.45) is -0.512. The Morgan fingerprint density at radius 2 is 1.92 bits per heavy atom. The van der Waals surface area contributed by atoms with Crippen molar-refractivity contribution in [3.8, 4) is 5.75 Å². The summed E-state index contributed by atoms with van der Waals surface area (Å²) < 4.78 is 5.79. The largest absolute Gasteiger partial charge is 0.481 e. The van der Waals surface area contributed by atoms with Crippen molar-refractivity contribution in [2.75, 3.05) is 12.3 Å². The molecule has 0 saturated carbocycles. The second-order valence-corrected chi connectivity index (χ2v) is 7.47. The van der Waals surface area contributed by atoms with Gasteiger partial charge in [-0.1, -0.05) is 35.9 Å². The van der Waals surface area contributed by atoms with Crippen LogP contribution < -0.4 is 10.1 Å². The van der Waals surface area contributed by atoms with E-state index in [0.717, 1.165) is 33.4 Å². The highest BCUT2D eigenvalue weighted by molar-refractivity contribution is 7.98. The lowest BCUT2D eigenvalue weighted by atomic mass is 10.1. The summed E-state index contributed by atoms with van der Waals surface area (Å²) in [6.45, 7) is 6.43. The fourth-order valence-electron chi connectivity index (χ4n) is 2.26. The zero-order chi connectivity index (χ0) is 18.2. The number of ether oxygens (including phenoxy) is 1. The Bertz CT molecular complexity index is 703. The van der Waals surface area contributed by atoms with Crippen molar-refractivity contribution in [3.05, 3.63) is 64.2 Å². The number of halogens is 1. The lowest BCUT2D eigenvalue weighted by Gasteiger charge is -2.17. The molecule has 0 bridgehead atoms. The van der Waals surface area contributed by atoms with E-state index in [0.29, 0.717) is 6.54 Å². The molecule has 2 rings (SSSR count). The average molecular weight is 378 g/mol. The van der Waals surface area contributed by atoms with E-state index >= 15 is 0 Å². The molecule has 1 amide bonds. The third-order valence-electron chi connectivity index (χ3n) is 3.96. The first-order chi connectivity index (χ1) is 12.0. The van der Waals surface area contributed by atoms with E-state index in [2.05, 4.69) is 5.32 Å². The number of carbonyl (C=O) groups is 1. The summed E-state index contributed by atoms with van der Waals surface area (Å²) in [5, 5.41) is 3.68. The van der Waals surface area contributed by atoms with Gasteiger partial charge in [0.2, 0.25) is 0 Å². The Kier molecular flexibility index (Phi) is 7.66. The first-order valence-electron chi connectivity index (χ1n) is 8.30. The molecule has 2 aromatic rings. The normalized spacial score (nSPS) is 11.8. The number of nitrogens with one attached hydrogen (secondary N) is 1. The van der Waals surface area contributed by atoms with Crippen LogP contribution in [0.4, 0.5) is 0 Å². The minimum absolute atomic E-state index is 0.0898. The van der Waals surface area contributed by atoms with Crippen molar-refractivity contribution in [3.63, 3.8) is 0 Å². The van der Waals surface area contributed by atoms with E-state index in [4.69, 9.17) is 16.3 Å². The maximum absolute atomic E-state index is 12.2. The van der Waals surface area contributed by atoms with E-state index in [1.54, 1.807) is 18.7 Å². The first-order valence-corrected chi connectivity index (χ1v) is 9.83. The van der Waals surface area contributed by atoms with Crippen LogP contribution in [0, 0.1) is 13.8 Å². The highest BCUT2D eigenvalue weighted by atomic mass is 35.5. The molecule has 0 aliphatic carbocycles. The third kappa shape index (κ3) is 6.29. The minimum Gasteiger partial charge on any atom is -0.481 e. The molecule has 2 aromatic carbocycles. The lowest BCUT2D eigenvalue weighted by molar-refractivity contribution is -0.127. The minimum atomic E-state index is -0.512. The van der Waals surface area contributed by atoms with Crippen molar-refractivity contribution in [1.82, 2.24) is 5.32 Å². The summed E-state index contributed by atoms with van der Waals surface area (Å²) in [7, 11) is 0. The summed E-state index contributed by atoms with van der Waals surface area (Å²) in [6, 6.07) is 13.7. The number of aryl methyl sites for hydroxylation is 1. The van der Waals surface area contributed by atoms with Gasteiger partial charge in [-0.3, -0.25) is 4.79 Å². The molecule has 0 spiro atoms. The van der Waals surface area contributed by atoms with Crippen LogP contribution in [0.25, 0.3) is 0 Å². The van der Waals surface area contributed by atoms with Crippen LogP contribution in [0.1, 0.15) is 23.6 Å². The number of hydrogen-bond acceptors (Lipinski definition) is 3. The monoisotopic (exact) mass is 377 g/mol. The molecule has 1 N–H and O–H groups in total. The topological polar surface area (TPSA) is 38.3 Å². The number of hydrogen-bond donors (Lipinski definition) is 1. The van der Waals surface area contributed by atoms with E-state index in [-0.39, 0.29) is 5.91 Å². The smallest absolute Gasteiger partial charge is 0.260 e. The maximum Gasteiger partial charge on any atom is 0.260 e. The van der Waals surface area contributed by atoms with Crippen LogP contribution in [0.15, 0.2) is 42.5 Å². The second kappa shape index (κ2) is 9.73. The fourth-order valence-corrected chi connectivity index (χ4v) is 3.20. The van der Waals surface area contributed by atoms with Gasteiger partial charge in [-0.15, -0.1) is 0 Å². The lowest BCUT2D eigenvalue weighted by Crippen LogP contribution is -2.37. The van der Waals surface area contributed by atoms with Crippen molar-refractivity contribution in [1.29, 1.82) is 0 Å². The Hall–Kier alpha value is -1.65. The standard InChI is InChI=1S/C20H24ClNO2S/c1-14-5-4-6-19(15(14)2)24-16(3)20(23)22-11-12-25-13-17-7-9-18(21)10-8-17/h4-10,16H,11-13H2,1-3H3,(H,22,23). The van der Waals surface area contributed by atoms with Gasteiger partial charge in [-0.05, 0) is 55.7 Å². The van der Waals surface area contributed by atoms with Crippen molar-refractivity contribution in [2.45, 2.75) is 32.6 Å². The van der Waals surface area contributed by atoms with Gasteiger partial charge in [0, 0.05) is 23.1 Å². The van der Waals surface area contributed by atoms with Crippen molar-refractivity contribution < 1.29 is 9.53 Å². The zero-order valence-corrected chi connectivity index (χ0v) is 16.4. The van der Waals surface area contributed by atoms with Gasteiger partial charge >= 0.3 is 0 Å². The third-order valence-corrected chi connectivity index (χ3v) is 5.24. The number of carbonyl (C=O) groups excluding carboxylic acids is 1. The summed E-state index contributed by atoms with van der Waals surface area (Å²) in [5.74, 6) is 2.43. The first kappa shape index (κ1) is 19.7. The van der Waals surface area contributed by atoms with Crippen LogP contribution in [-0.4, -0.2) is 24.3 Å². The van der Waals surface area contributed by atoms with Crippen LogP contribution >= 0.6 is 23.4 Å². The summed E-state index contributed by atoms with van der Waals surface area (Å²) >= 11 is 7.65. The number of thioether (sulfide) groups is 1. The molecule has 0 radical (unpaired) electrons. The molecule has 0 saturated heterocycles. The van der Waals surface area contributed by atoms with E-state index < -0.39 is 6.10 Å². The summed E-state index contributed by atoms with van der Waals surface area (Å²) in [4.78, 5) is 12.2. The predicted molar refractivity (Wildman–Crippen MR) is 107 cm³/mol. The van der Waals surface area contributed by atoms with Crippen LogP contribution in [0.3, 0.4) is 0 Å². The van der Waals surface area contributed by atoms with E-state index in [9.17, 15) is 4.79 Å². The molecule has 134 valence electrons. The van der Waals surface area contributed by atoms with Gasteiger partial charge in [0.15, 0.2) is 6.10 Å². The van der Waals surface area contributed by atoms with Crippen LogP contribution in [-0.2, 0) is 10.5 Å². The van der Waals surface area contributed by atoms with Crippen LogP contribution in [0.2, 0.25) is 5.02 Å². The quantitative estimate of drug-likeness (QED) is 0.673. The van der Waals surface area contributed by atoms with Gasteiger partial charge in [0.25, 0.3) is 5.91 Å². The Labute approximate surface area is 159 Å². The van der Waals surface area contributed by atoms with Gasteiger partial charge in [0.1, 0.15) is 5.75 Å². The highest BCUT2D eigenvalue weighted by Gasteiger charge is 2.15. The van der Waals surface area contributed by atoms with Gasteiger partial charge < -0.3 is 10.1 Å². The second-order valence-electron chi connectivity index (χ2n) is 5.93. The molecule has 3 nitrogen and oxygen atoms in total. The van der Waals surface area contributed by atoms with E-state index in [1.807, 2.05) is 56.3 Å². The van der Waals surface area contributed by atoms with E-state index in [1.165, 1.54) is 5.56 Å². The molecular formula is C20H24ClNO2S. The molecule has 0 fully saturated rings. The molecule has 0 heterocycles. The Balaban J connectivity index is 1.69. The fraction of sp³-hybridized carbons (Fsp3) is 0.350. The van der Waals surface area contributed by atoms with Crippen LogP contribution in [0.5, 0.6) is 5.75 Å². The van der Waals surface area contributed by atoms with Crippen molar-refractivity contribution >= 4 is 29.3 Å². The highest BCUT2D eigenvalue weighted by Crippen LogP contribution is 2.21. The molecule has 0 aliphatic heterocycles. The number of amides is 1. The maximum atomic E-state index is 12.2. The molecule has 0 aromatic heterocycles. The summed E-state index contributed by atoms with van der Waals surface area (Å²) in [5.41, 5.74) is 3.46. The molecule has 5 heteroatoms. The Morgan fingerprint density at radius 3 is 2.64 bits per heavy atom. The van der Waals surface area contributed by atoms with Crippen molar-refractivity contribution in [2.24, 2.45) is 0 Å². The molecule has 1 atom stereocenters. The SMILES string of the molecule is Cc1cccc(OC(C)C(=O)NCCSCc2ccc(Cl)cc2)c1C. The molecule has 25 heavy (non-hydrogen) atoms. The number of benzene rings is 2. The zero-order valence-electron chi connectivity index (χ0n) is 14.8. The van der Waals surface area contributed by atoms with Gasteiger partial charge in [-0.25, -0.2) is 0 Å². The predicted octanol–water partition coefficient (Wildman–Crippen LogP) is 4.77. The average Bonchev–Trinajstić information content (AvgIpc) is 2.60. The van der Waals surface area contributed by atoms with Gasteiger partial charge in [-0.2, -0.15) is 11.8 Å². The molecular weight excluding hydrogens is 354 g/mol. The number of rotatable bonds is 8. The molecule has 1 unspecified atom stereocenters. The molecule has 0 aliphatic rings. The Morgan fingerprint density at radius 1 is 1.20 bits per heavy atom. The van der Waals surface area contributed by atoms with Gasteiger partial charge in [0.05, 0.1) is 0 Å².